The van der Waals surface area contributed by atoms with E-state index >= 15 is 0 Å². The summed E-state index contributed by atoms with van der Waals surface area (Å²) in [4.78, 5) is 2.39. The van der Waals surface area contributed by atoms with E-state index in [1.807, 2.05) is 0 Å². The fourth-order valence-electron chi connectivity index (χ4n) is 2.98. The summed E-state index contributed by atoms with van der Waals surface area (Å²) in [6.45, 7) is 2.07. The molecule has 2 aliphatic rings. The summed E-state index contributed by atoms with van der Waals surface area (Å²) < 4.78 is 2.33. The highest BCUT2D eigenvalue weighted by Gasteiger charge is 2.35. The predicted octanol–water partition coefficient (Wildman–Crippen LogP) is 1.92. The van der Waals surface area contributed by atoms with E-state index in [1.165, 1.54) is 18.5 Å². The normalized spacial score (nSPS) is 30.3. The van der Waals surface area contributed by atoms with E-state index in [4.69, 9.17) is 5.26 Å². The maximum Gasteiger partial charge on any atom is 0.0984 e. The third kappa shape index (κ3) is 1.29. The van der Waals surface area contributed by atoms with Crippen LogP contribution in [0.1, 0.15) is 31.0 Å². The van der Waals surface area contributed by atoms with Gasteiger partial charge in [-0.2, -0.15) is 5.26 Å². The Balaban J connectivity index is 1.96. The van der Waals surface area contributed by atoms with E-state index in [0.717, 1.165) is 19.5 Å². The van der Waals surface area contributed by atoms with Gasteiger partial charge < -0.3 is 4.57 Å². The van der Waals surface area contributed by atoms with Crippen molar-refractivity contribution in [3.05, 3.63) is 24.0 Å². The Morgan fingerprint density at radius 2 is 2.27 bits per heavy atom. The van der Waals surface area contributed by atoms with E-state index in [1.54, 1.807) is 0 Å². The fraction of sp³-hybridized carbons (Fsp3) is 0.583. The molecule has 3 nitrogen and oxygen atoms in total. The van der Waals surface area contributed by atoms with Gasteiger partial charge in [-0.1, -0.05) is 0 Å². The first-order valence-electron chi connectivity index (χ1n) is 5.70. The van der Waals surface area contributed by atoms with E-state index in [2.05, 4.69) is 33.9 Å². The van der Waals surface area contributed by atoms with Crippen LogP contribution in [0.5, 0.6) is 0 Å². The molecule has 0 aromatic carbocycles. The largest absolute Gasteiger partial charge is 0.349 e. The Bertz CT molecular complexity index is 401. The molecule has 1 fully saturated rings. The molecule has 0 bridgehead atoms. The zero-order chi connectivity index (χ0) is 10.3. The molecular formula is C12H15N3. The number of fused-ring (bicyclic) bond motifs is 3. The van der Waals surface area contributed by atoms with Crippen LogP contribution in [-0.2, 0) is 6.54 Å². The molecule has 1 aromatic heterocycles. The quantitative estimate of drug-likeness (QED) is 0.642. The summed E-state index contributed by atoms with van der Waals surface area (Å²) in [6.07, 6.45) is 5.60. The van der Waals surface area contributed by atoms with Crippen LogP contribution in [0.3, 0.4) is 0 Å². The third-order valence-corrected chi connectivity index (χ3v) is 3.71. The van der Waals surface area contributed by atoms with Crippen molar-refractivity contribution in [1.82, 2.24) is 9.47 Å². The molecule has 3 rings (SSSR count). The highest BCUT2D eigenvalue weighted by molar-refractivity contribution is 5.17. The standard InChI is InChI=1S/C12H15N3/c13-9-10-3-1-4-12-11-5-2-6-14(11)7-8-15(10)12/h2,5-6,10,12H,1,3-4,7-8H2/t10-,12-/m0/s1. The van der Waals surface area contributed by atoms with Gasteiger partial charge in [0.15, 0.2) is 0 Å². The maximum atomic E-state index is 9.13. The molecule has 0 amide bonds. The van der Waals surface area contributed by atoms with Gasteiger partial charge in [-0.05, 0) is 31.4 Å². The molecule has 0 aliphatic carbocycles. The van der Waals surface area contributed by atoms with Crippen LogP contribution in [-0.4, -0.2) is 22.1 Å². The highest BCUT2D eigenvalue weighted by atomic mass is 15.3. The van der Waals surface area contributed by atoms with E-state index < -0.39 is 0 Å². The topological polar surface area (TPSA) is 32.0 Å². The van der Waals surface area contributed by atoms with Gasteiger partial charge in [-0.15, -0.1) is 0 Å². The number of hydrogen-bond acceptors (Lipinski definition) is 2. The fourth-order valence-corrected chi connectivity index (χ4v) is 2.98. The number of piperidine rings is 1. The van der Waals surface area contributed by atoms with Gasteiger partial charge in [0, 0.05) is 25.0 Å². The summed E-state index contributed by atoms with van der Waals surface area (Å²) in [5.41, 5.74) is 1.40. The number of hydrogen-bond donors (Lipinski definition) is 0. The van der Waals surface area contributed by atoms with Crippen LogP contribution in [0.25, 0.3) is 0 Å². The van der Waals surface area contributed by atoms with Crippen molar-refractivity contribution in [3.63, 3.8) is 0 Å². The van der Waals surface area contributed by atoms with E-state index in [-0.39, 0.29) is 6.04 Å². The molecule has 2 aliphatic heterocycles. The lowest BCUT2D eigenvalue weighted by Gasteiger charge is -2.42. The average Bonchev–Trinajstić information content (AvgIpc) is 2.76. The second kappa shape index (κ2) is 3.39. The molecular weight excluding hydrogens is 186 g/mol. The Morgan fingerprint density at radius 3 is 3.13 bits per heavy atom. The van der Waals surface area contributed by atoms with Crippen LogP contribution >= 0.6 is 0 Å². The lowest BCUT2D eigenvalue weighted by molar-refractivity contribution is 0.0832. The number of rotatable bonds is 0. The van der Waals surface area contributed by atoms with Gasteiger partial charge in [-0.3, -0.25) is 4.90 Å². The van der Waals surface area contributed by atoms with E-state index in [9.17, 15) is 0 Å². The smallest absolute Gasteiger partial charge is 0.0984 e. The zero-order valence-corrected chi connectivity index (χ0v) is 8.76. The van der Waals surface area contributed by atoms with Gasteiger partial charge >= 0.3 is 0 Å². The monoisotopic (exact) mass is 201 g/mol. The van der Waals surface area contributed by atoms with Gasteiger partial charge in [0.05, 0.1) is 18.2 Å². The zero-order valence-electron chi connectivity index (χ0n) is 8.76. The van der Waals surface area contributed by atoms with Crippen molar-refractivity contribution in [3.8, 4) is 6.07 Å². The van der Waals surface area contributed by atoms with Crippen molar-refractivity contribution >= 4 is 0 Å². The highest BCUT2D eigenvalue weighted by Crippen LogP contribution is 2.36. The summed E-state index contributed by atoms with van der Waals surface area (Å²) in [5, 5.41) is 9.13. The molecule has 0 N–H and O–H groups in total. The molecule has 2 atom stereocenters. The molecule has 78 valence electrons. The second-order valence-electron chi connectivity index (χ2n) is 4.46. The Labute approximate surface area is 89.9 Å². The molecule has 0 saturated carbocycles. The predicted molar refractivity (Wildman–Crippen MR) is 57.1 cm³/mol. The SMILES string of the molecule is N#C[C@@H]1CCC[C@H]2c3cccn3CCN12. The van der Waals surface area contributed by atoms with Crippen molar-refractivity contribution in [2.45, 2.75) is 37.9 Å². The van der Waals surface area contributed by atoms with Gasteiger partial charge in [0.25, 0.3) is 0 Å². The molecule has 3 heterocycles. The minimum absolute atomic E-state index is 0.146. The molecule has 1 saturated heterocycles. The summed E-state index contributed by atoms with van der Waals surface area (Å²) in [6, 6.07) is 7.41. The molecule has 0 radical (unpaired) electrons. The first-order chi connectivity index (χ1) is 7.40. The maximum absolute atomic E-state index is 9.13. The molecule has 3 heteroatoms. The molecule has 1 aromatic rings. The van der Waals surface area contributed by atoms with E-state index in [0.29, 0.717) is 6.04 Å². The van der Waals surface area contributed by atoms with Crippen LogP contribution in [0.15, 0.2) is 18.3 Å². The average molecular weight is 201 g/mol. The second-order valence-corrected chi connectivity index (χ2v) is 4.46. The first-order valence-corrected chi connectivity index (χ1v) is 5.70. The minimum Gasteiger partial charge on any atom is -0.349 e. The summed E-state index contributed by atoms with van der Waals surface area (Å²) >= 11 is 0. The Kier molecular flexibility index (Phi) is 2.03. The third-order valence-electron chi connectivity index (χ3n) is 3.71. The van der Waals surface area contributed by atoms with Gasteiger partial charge in [0.1, 0.15) is 0 Å². The summed E-state index contributed by atoms with van der Waals surface area (Å²) in [7, 11) is 0. The van der Waals surface area contributed by atoms with Crippen LogP contribution < -0.4 is 0 Å². The Morgan fingerprint density at radius 1 is 1.33 bits per heavy atom. The molecule has 0 unspecified atom stereocenters. The first kappa shape index (κ1) is 8.99. The van der Waals surface area contributed by atoms with Crippen LogP contribution in [0.4, 0.5) is 0 Å². The number of nitrogens with zero attached hydrogens (tertiary/aromatic N) is 3. The lowest BCUT2D eigenvalue weighted by atomic mass is 9.93. The lowest BCUT2D eigenvalue weighted by Crippen LogP contribution is -2.46. The Hall–Kier alpha value is -1.27. The van der Waals surface area contributed by atoms with Gasteiger partial charge in [0.2, 0.25) is 0 Å². The van der Waals surface area contributed by atoms with Crippen LogP contribution in [0.2, 0.25) is 0 Å². The molecule has 0 spiro atoms. The van der Waals surface area contributed by atoms with Crippen molar-refractivity contribution in [1.29, 1.82) is 5.26 Å². The van der Waals surface area contributed by atoms with Crippen molar-refractivity contribution < 1.29 is 0 Å². The van der Waals surface area contributed by atoms with Crippen molar-refractivity contribution in [2.24, 2.45) is 0 Å². The number of aromatic nitrogens is 1. The van der Waals surface area contributed by atoms with Crippen molar-refractivity contribution in [2.75, 3.05) is 6.54 Å². The number of nitriles is 1. The van der Waals surface area contributed by atoms with Gasteiger partial charge in [-0.25, -0.2) is 0 Å². The van der Waals surface area contributed by atoms with Crippen LogP contribution in [0, 0.1) is 11.3 Å². The molecule has 15 heavy (non-hydrogen) atoms. The minimum atomic E-state index is 0.146. The summed E-state index contributed by atoms with van der Waals surface area (Å²) in [5.74, 6) is 0.